The van der Waals surface area contributed by atoms with Crippen LogP contribution in [0.2, 0.25) is 5.02 Å². The molecule has 0 spiro atoms. The Kier molecular flexibility index (Phi) is 3.63. The normalized spacial score (nSPS) is 12.7. The second-order valence-electron chi connectivity index (χ2n) is 4.48. The summed E-state index contributed by atoms with van der Waals surface area (Å²) in [6.07, 6.45) is 0.872. The molecule has 1 heterocycles. The third-order valence-corrected chi connectivity index (χ3v) is 4.11. The molecule has 19 heavy (non-hydrogen) atoms. The van der Waals surface area contributed by atoms with Crippen LogP contribution in [0.15, 0.2) is 59.0 Å². The molecule has 3 heteroatoms. The zero-order valence-corrected chi connectivity index (χ0v) is 12.5. The molecule has 3 rings (SSSR count). The number of fused-ring (bicyclic) bond motifs is 1. The fraction of sp³-hybridized carbons (Fsp3) is 0.125. The molecule has 0 bridgehead atoms. The Morgan fingerprint density at radius 2 is 1.79 bits per heavy atom. The third-order valence-electron chi connectivity index (χ3n) is 3.08. The molecule has 0 amide bonds. The van der Waals surface area contributed by atoms with E-state index in [1.165, 1.54) is 5.56 Å². The van der Waals surface area contributed by atoms with Gasteiger partial charge >= 0.3 is 0 Å². The summed E-state index contributed by atoms with van der Waals surface area (Å²) in [7, 11) is 0. The van der Waals surface area contributed by atoms with E-state index in [4.69, 9.17) is 16.0 Å². The maximum Gasteiger partial charge on any atom is 0.134 e. The molecule has 0 N–H and O–H groups in total. The van der Waals surface area contributed by atoms with Gasteiger partial charge in [-0.2, -0.15) is 0 Å². The lowest BCUT2D eigenvalue weighted by molar-refractivity contribution is 0.545. The summed E-state index contributed by atoms with van der Waals surface area (Å²) in [6.45, 7) is 0. The molecule has 1 aromatic heterocycles. The minimum Gasteiger partial charge on any atom is -0.460 e. The quantitative estimate of drug-likeness (QED) is 0.554. The SMILES string of the molecule is Clc1ccc(CC(Br)c2cc3ccccc3o2)cc1. The van der Waals surface area contributed by atoms with E-state index >= 15 is 0 Å². The lowest BCUT2D eigenvalue weighted by atomic mass is 10.1. The van der Waals surface area contributed by atoms with Gasteiger partial charge in [-0.25, -0.2) is 0 Å². The van der Waals surface area contributed by atoms with Gasteiger partial charge in [0.1, 0.15) is 11.3 Å². The van der Waals surface area contributed by atoms with Crippen LogP contribution in [0.25, 0.3) is 11.0 Å². The van der Waals surface area contributed by atoms with Crippen LogP contribution < -0.4 is 0 Å². The number of hydrogen-bond acceptors (Lipinski definition) is 1. The summed E-state index contributed by atoms with van der Waals surface area (Å²) in [5.74, 6) is 0.955. The molecular formula is C16H12BrClO. The van der Waals surface area contributed by atoms with Crippen molar-refractivity contribution >= 4 is 38.5 Å². The topological polar surface area (TPSA) is 13.1 Å². The van der Waals surface area contributed by atoms with Crippen LogP contribution in [0.4, 0.5) is 0 Å². The number of hydrogen-bond donors (Lipinski definition) is 0. The molecule has 1 unspecified atom stereocenters. The number of benzene rings is 2. The zero-order chi connectivity index (χ0) is 13.2. The smallest absolute Gasteiger partial charge is 0.134 e. The Morgan fingerprint density at radius 3 is 2.53 bits per heavy atom. The monoisotopic (exact) mass is 334 g/mol. The van der Waals surface area contributed by atoms with Crippen molar-refractivity contribution in [3.05, 3.63) is 70.9 Å². The van der Waals surface area contributed by atoms with Crippen molar-refractivity contribution < 1.29 is 4.42 Å². The summed E-state index contributed by atoms with van der Waals surface area (Å²) < 4.78 is 5.85. The van der Waals surface area contributed by atoms with Gasteiger partial charge in [0.2, 0.25) is 0 Å². The van der Waals surface area contributed by atoms with Gasteiger partial charge in [-0.05, 0) is 36.2 Å². The van der Waals surface area contributed by atoms with Crippen LogP contribution in [-0.2, 0) is 6.42 Å². The van der Waals surface area contributed by atoms with Gasteiger partial charge in [0.15, 0.2) is 0 Å². The molecule has 0 aliphatic heterocycles. The zero-order valence-electron chi connectivity index (χ0n) is 10.1. The van der Waals surface area contributed by atoms with Crippen molar-refractivity contribution in [2.75, 3.05) is 0 Å². The predicted octanol–water partition coefficient (Wildman–Crippen LogP) is 5.76. The number of alkyl halides is 1. The molecule has 96 valence electrons. The second-order valence-corrected chi connectivity index (χ2v) is 6.03. The Hall–Kier alpha value is -1.25. The largest absolute Gasteiger partial charge is 0.460 e. The lowest BCUT2D eigenvalue weighted by Gasteiger charge is -2.06. The van der Waals surface area contributed by atoms with E-state index in [1.807, 2.05) is 42.5 Å². The minimum absolute atomic E-state index is 0.168. The van der Waals surface area contributed by atoms with E-state index < -0.39 is 0 Å². The van der Waals surface area contributed by atoms with E-state index in [1.54, 1.807) is 0 Å². The van der Waals surface area contributed by atoms with Crippen molar-refractivity contribution in [1.82, 2.24) is 0 Å². The van der Waals surface area contributed by atoms with Crippen molar-refractivity contribution in [3.8, 4) is 0 Å². The predicted molar refractivity (Wildman–Crippen MR) is 83.0 cm³/mol. The molecular weight excluding hydrogens is 324 g/mol. The van der Waals surface area contributed by atoms with E-state index in [2.05, 4.69) is 28.1 Å². The van der Waals surface area contributed by atoms with E-state index in [9.17, 15) is 0 Å². The van der Waals surface area contributed by atoms with Crippen molar-refractivity contribution in [1.29, 1.82) is 0 Å². The maximum absolute atomic E-state index is 5.89. The molecule has 0 saturated heterocycles. The van der Waals surface area contributed by atoms with Crippen molar-refractivity contribution in [2.24, 2.45) is 0 Å². The average molecular weight is 336 g/mol. The van der Waals surface area contributed by atoms with E-state index in [-0.39, 0.29) is 4.83 Å². The second kappa shape index (κ2) is 5.40. The lowest BCUT2D eigenvalue weighted by Crippen LogP contribution is -1.93. The van der Waals surface area contributed by atoms with Crippen molar-refractivity contribution in [2.45, 2.75) is 11.2 Å². The number of rotatable bonds is 3. The summed E-state index contributed by atoms with van der Waals surface area (Å²) in [5, 5.41) is 1.90. The van der Waals surface area contributed by atoms with Crippen LogP contribution in [0, 0.1) is 0 Å². The maximum atomic E-state index is 5.89. The molecule has 3 aromatic rings. The number of furan rings is 1. The third kappa shape index (κ3) is 2.85. The Bertz CT molecular complexity index is 654. The Labute approximate surface area is 125 Å². The van der Waals surface area contributed by atoms with Crippen LogP contribution >= 0.6 is 27.5 Å². The van der Waals surface area contributed by atoms with Gasteiger partial charge < -0.3 is 4.42 Å². The number of halogens is 2. The summed E-state index contributed by atoms with van der Waals surface area (Å²) in [5.41, 5.74) is 2.16. The summed E-state index contributed by atoms with van der Waals surface area (Å²) in [6, 6.07) is 18.0. The van der Waals surface area contributed by atoms with E-state index in [0.717, 1.165) is 28.2 Å². The fourth-order valence-corrected chi connectivity index (χ4v) is 2.81. The van der Waals surface area contributed by atoms with Gasteiger partial charge in [-0.1, -0.05) is 57.9 Å². The van der Waals surface area contributed by atoms with Crippen molar-refractivity contribution in [3.63, 3.8) is 0 Å². The highest BCUT2D eigenvalue weighted by Gasteiger charge is 2.13. The molecule has 0 fully saturated rings. The Morgan fingerprint density at radius 1 is 1.05 bits per heavy atom. The van der Waals surface area contributed by atoms with Gasteiger partial charge in [0, 0.05) is 10.4 Å². The summed E-state index contributed by atoms with van der Waals surface area (Å²) in [4.78, 5) is 0.168. The highest BCUT2D eigenvalue weighted by Crippen LogP contribution is 2.31. The number of para-hydroxylation sites is 1. The first kappa shape index (κ1) is 12.8. The van der Waals surface area contributed by atoms with Crippen LogP contribution in [-0.4, -0.2) is 0 Å². The van der Waals surface area contributed by atoms with Crippen LogP contribution in [0.3, 0.4) is 0 Å². The van der Waals surface area contributed by atoms with Gasteiger partial charge in [-0.15, -0.1) is 0 Å². The summed E-state index contributed by atoms with van der Waals surface area (Å²) >= 11 is 9.58. The molecule has 1 atom stereocenters. The highest BCUT2D eigenvalue weighted by molar-refractivity contribution is 9.09. The van der Waals surface area contributed by atoms with Crippen LogP contribution in [0.5, 0.6) is 0 Å². The molecule has 0 saturated carbocycles. The molecule has 1 nitrogen and oxygen atoms in total. The van der Waals surface area contributed by atoms with Crippen LogP contribution in [0.1, 0.15) is 16.2 Å². The molecule has 0 radical (unpaired) electrons. The Balaban J connectivity index is 1.83. The fourth-order valence-electron chi connectivity index (χ4n) is 2.08. The van der Waals surface area contributed by atoms with E-state index in [0.29, 0.717) is 0 Å². The average Bonchev–Trinajstić information content (AvgIpc) is 2.85. The van der Waals surface area contributed by atoms with Gasteiger partial charge in [0.05, 0.1) is 4.83 Å². The van der Waals surface area contributed by atoms with Gasteiger partial charge in [0.25, 0.3) is 0 Å². The molecule has 2 aromatic carbocycles. The first-order valence-corrected chi connectivity index (χ1v) is 7.39. The highest BCUT2D eigenvalue weighted by atomic mass is 79.9. The first-order chi connectivity index (χ1) is 9.22. The first-order valence-electron chi connectivity index (χ1n) is 6.09. The molecule has 0 aliphatic rings. The molecule has 0 aliphatic carbocycles. The minimum atomic E-state index is 0.168. The standard InChI is InChI=1S/C16H12BrClO/c17-14(9-11-5-7-13(18)8-6-11)16-10-12-3-1-2-4-15(12)19-16/h1-8,10,14H,9H2. The van der Waals surface area contributed by atoms with Gasteiger partial charge in [-0.3, -0.25) is 0 Å².